The van der Waals surface area contributed by atoms with Gasteiger partial charge in [0.1, 0.15) is 5.82 Å². The molecule has 0 aliphatic heterocycles. The van der Waals surface area contributed by atoms with Crippen LogP contribution in [-0.2, 0) is 5.41 Å². The van der Waals surface area contributed by atoms with Gasteiger partial charge in [-0.3, -0.25) is 5.10 Å². The van der Waals surface area contributed by atoms with Crippen molar-refractivity contribution in [1.82, 2.24) is 15.2 Å². The maximum atomic E-state index is 4.59. The third kappa shape index (κ3) is 5.33. The first kappa shape index (κ1) is 16.2. The first-order chi connectivity index (χ1) is 9.12. The fraction of sp³-hybridized carbons (Fsp3) is 0.875. The fourth-order valence-electron chi connectivity index (χ4n) is 2.67. The van der Waals surface area contributed by atoms with Crippen LogP contribution in [0, 0.1) is 6.92 Å². The van der Waals surface area contributed by atoms with Crippen molar-refractivity contribution in [1.29, 1.82) is 0 Å². The molecule has 19 heavy (non-hydrogen) atoms. The molecule has 1 heterocycles. The van der Waals surface area contributed by atoms with Gasteiger partial charge in [-0.1, -0.05) is 65.7 Å². The topological polar surface area (TPSA) is 41.6 Å². The van der Waals surface area contributed by atoms with E-state index in [4.69, 9.17) is 0 Å². The van der Waals surface area contributed by atoms with Crippen molar-refractivity contribution in [2.45, 2.75) is 90.9 Å². The van der Waals surface area contributed by atoms with Crippen LogP contribution in [0.1, 0.15) is 90.2 Å². The standard InChI is InChI=1S/C16H31N3/c1-5-7-9-11-13-16(4,12-10-8-6-2)15-17-14(3)18-19-15/h5-13H2,1-4H3,(H,17,18,19). The summed E-state index contributed by atoms with van der Waals surface area (Å²) in [5, 5.41) is 7.43. The Hall–Kier alpha value is -0.860. The zero-order valence-corrected chi connectivity index (χ0v) is 13.3. The molecule has 1 unspecified atom stereocenters. The van der Waals surface area contributed by atoms with Gasteiger partial charge in [0.2, 0.25) is 0 Å². The SMILES string of the molecule is CCCCCCC(C)(CCCCC)c1n[nH]c(C)n1. The van der Waals surface area contributed by atoms with Crippen LogP contribution >= 0.6 is 0 Å². The zero-order valence-electron chi connectivity index (χ0n) is 13.3. The minimum absolute atomic E-state index is 0.160. The molecule has 1 aromatic rings. The van der Waals surface area contributed by atoms with E-state index in [1.165, 1.54) is 57.8 Å². The van der Waals surface area contributed by atoms with Crippen LogP contribution in [0.3, 0.4) is 0 Å². The van der Waals surface area contributed by atoms with Crippen molar-refractivity contribution in [2.24, 2.45) is 0 Å². The first-order valence-electron chi connectivity index (χ1n) is 8.02. The Morgan fingerprint density at radius 3 is 2.05 bits per heavy atom. The van der Waals surface area contributed by atoms with E-state index >= 15 is 0 Å². The van der Waals surface area contributed by atoms with Gasteiger partial charge in [0.15, 0.2) is 5.82 Å². The molecular formula is C16H31N3. The molecule has 0 radical (unpaired) electrons. The maximum Gasteiger partial charge on any atom is 0.156 e. The molecule has 1 rings (SSSR count). The van der Waals surface area contributed by atoms with Crippen LogP contribution in [0.2, 0.25) is 0 Å². The van der Waals surface area contributed by atoms with Gasteiger partial charge in [-0.05, 0) is 19.8 Å². The number of hydrogen-bond acceptors (Lipinski definition) is 2. The Morgan fingerprint density at radius 1 is 0.947 bits per heavy atom. The average Bonchev–Trinajstić information content (AvgIpc) is 2.82. The summed E-state index contributed by atoms with van der Waals surface area (Å²) in [7, 11) is 0. The lowest BCUT2D eigenvalue weighted by Gasteiger charge is -2.26. The number of aryl methyl sites for hydroxylation is 1. The highest BCUT2D eigenvalue weighted by atomic mass is 15.2. The van der Waals surface area contributed by atoms with Gasteiger partial charge in [0, 0.05) is 5.41 Å². The number of hydrogen-bond donors (Lipinski definition) is 1. The summed E-state index contributed by atoms with van der Waals surface area (Å²) in [6.45, 7) is 8.85. The van der Waals surface area contributed by atoms with Gasteiger partial charge in [-0.15, -0.1) is 0 Å². The third-order valence-corrected chi connectivity index (χ3v) is 4.05. The predicted molar refractivity (Wildman–Crippen MR) is 81.4 cm³/mol. The van der Waals surface area contributed by atoms with E-state index in [9.17, 15) is 0 Å². The highest BCUT2D eigenvalue weighted by molar-refractivity contribution is 5.05. The normalized spacial score (nSPS) is 14.5. The molecule has 1 aromatic heterocycles. The molecule has 0 amide bonds. The summed E-state index contributed by atoms with van der Waals surface area (Å²) in [5.74, 6) is 1.96. The second-order valence-corrected chi connectivity index (χ2v) is 6.07. The van der Waals surface area contributed by atoms with Gasteiger partial charge in [-0.2, -0.15) is 5.10 Å². The van der Waals surface area contributed by atoms with Crippen molar-refractivity contribution < 1.29 is 0 Å². The Kier molecular flexibility index (Phi) is 7.11. The number of nitrogens with one attached hydrogen (secondary N) is 1. The van der Waals surface area contributed by atoms with Crippen LogP contribution in [0.5, 0.6) is 0 Å². The van der Waals surface area contributed by atoms with E-state index in [-0.39, 0.29) is 5.41 Å². The lowest BCUT2D eigenvalue weighted by Crippen LogP contribution is -2.24. The molecule has 3 heteroatoms. The minimum Gasteiger partial charge on any atom is -0.263 e. The summed E-state index contributed by atoms with van der Waals surface area (Å²) < 4.78 is 0. The van der Waals surface area contributed by atoms with Gasteiger partial charge in [-0.25, -0.2) is 4.98 Å². The summed E-state index contributed by atoms with van der Waals surface area (Å²) in [5.41, 5.74) is 0.160. The van der Waals surface area contributed by atoms with E-state index in [2.05, 4.69) is 36.0 Å². The lowest BCUT2D eigenvalue weighted by atomic mass is 9.79. The van der Waals surface area contributed by atoms with Crippen molar-refractivity contribution in [3.05, 3.63) is 11.6 Å². The Labute approximate surface area is 118 Å². The molecule has 0 spiro atoms. The van der Waals surface area contributed by atoms with Crippen LogP contribution in [0.4, 0.5) is 0 Å². The second-order valence-electron chi connectivity index (χ2n) is 6.07. The predicted octanol–water partition coefficient (Wildman–Crippen LogP) is 4.92. The highest BCUT2D eigenvalue weighted by Gasteiger charge is 2.29. The highest BCUT2D eigenvalue weighted by Crippen LogP contribution is 2.33. The second kappa shape index (κ2) is 8.34. The number of aromatic nitrogens is 3. The number of aromatic amines is 1. The lowest BCUT2D eigenvalue weighted by molar-refractivity contribution is 0.348. The smallest absolute Gasteiger partial charge is 0.156 e. The molecule has 3 nitrogen and oxygen atoms in total. The quantitative estimate of drug-likeness (QED) is 0.610. The maximum absolute atomic E-state index is 4.59. The Bertz CT molecular complexity index is 346. The summed E-state index contributed by atoms with van der Waals surface area (Å²) >= 11 is 0. The minimum atomic E-state index is 0.160. The largest absolute Gasteiger partial charge is 0.263 e. The molecule has 0 saturated heterocycles. The molecule has 0 fully saturated rings. The van der Waals surface area contributed by atoms with Crippen molar-refractivity contribution in [3.63, 3.8) is 0 Å². The molecular weight excluding hydrogens is 234 g/mol. The number of unbranched alkanes of at least 4 members (excludes halogenated alkanes) is 5. The van der Waals surface area contributed by atoms with Gasteiger partial charge >= 0.3 is 0 Å². The summed E-state index contributed by atoms with van der Waals surface area (Å²) in [4.78, 5) is 4.59. The monoisotopic (exact) mass is 265 g/mol. The van der Waals surface area contributed by atoms with E-state index in [1.807, 2.05) is 6.92 Å². The van der Waals surface area contributed by atoms with Gasteiger partial charge in [0.25, 0.3) is 0 Å². The number of rotatable bonds is 10. The molecule has 110 valence electrons. The van der Waals surface area contributed by atoms with E-state index < -0.39 is 0 Å². The van der Waals surface area contributed by atoms with Gasteiger partial charge < -0.3 is 0 Å². The molecule has 0 aromatic carbocycles. The molecule has 0 aliphatic rings. The van der Waals surface area contributed by atoms with Crippen LogP contribution < -0.4 is 0 Å². The van der Waals surface area contributed by atoms with Crippen molar-refractivity contribution in [3.8, 4) is 0 Å². The van der Waals surface area contributed by atoms with E-state index in [0.29, 0.717) is 0 Å². The molecule has 0 aliphatic carbocycles. The fourth-order valence-corrected chi connectivity index (χ4v) is 2.67. The summed E-state index contributed by atoms with van der Waals surface area (Å²) in [6, 6.07) is 0. The molecule has 1 N–H and O–H groups in total. The van der Waals surface area contributed by atoms with Gasteiger partial charge in [0.05, 0.1) is 0 Å². The van der Waals surface area contributed by atoms with Crippen LogP contribution in [-0.4, -0.2) is 15.2 Å². The average molecular weight is 265 g/mol. The van der Waals surface area contributed by atoms with E-state index in [1.54, 1.807) is 0 Å². The van der Waals surface area contributed by atoms with E-state index in [0.717, 1.165) is 11.6 Å². The van der Waals surface area contributed by atoms with Crippen molar-refractivity contribution >= 4 is 0 Å². The molecule has 0 saturated carbocycles. The molecule has 1 atom stereocenters. The van der Waals surface area contributed by atoms with Crippen LogP contribution in [0.15, 0.2) is 0 Å². The third-order valence-electron chi connectivity index (χ3n) is 4.05. The Morgan fingerprint density at radius 2 is 1.53 bits per heavy atom. The number of H-pyrrole nitrogens is 1. The molecule has 0 bridgehead atoms. The zero-order chi connectivity index (χ0) is 14.1. The first-order valence-corrected chi connectivity index (χ1v) is 8.02. The summed E-state index contributed by atoms with van der Waals surface area (Å²) in [6.07, 6.45) is 11.6. The van der Waals surface area contributed by atoms with Crippen LogP contribution in [0.25, 0.3) is 0 Å². The Balaban J connectivity index is 2.60. The number of nitrogens with zero attached hydrogens (tertiary/aromatic N) is 2. The van der Waals surface area contributed by atoms with Crippen molar-refractivity contribution in [2.75, 3.05) is 0 Å².